The first-order valence-corrected chi connectivity index (χ1v) is 8.27. The van der Waals surface area contributed by atoms with Crippen molar-refractivity contribution >= 4 is 11.6 Å². The molecule has 0 radical (unpaired) electrons. The predicted molar refractivity (Wildman–Crippen MR) is 92.3 cm³/mol. The van der Waals surface area contributed by atoms with Gasteiger partial charge in [0.1, 0.15) is 5.75 Å². The third-order valence-corrected chi connectivity index (χ3v) is 4.48. The maximum Gasteiger partial charge on any atom is 0.416 e. The van der Waals surface area contributed by atoms with E-state index in [1.165, 1.54) is 13.0 Å². The molecule has 7 heteroatoms. The Balaban J connectivity index is 2.06. The van der Waals surface area contributed by atoms with Gasteiger partial charge in [-0.3, -0.25) is 4.79 Å². The highest BCUT2D eigenvalue weighted by Crippen LogP contribution is 2.37. The molecule has 0 aliphatic carbocycles. The second kappa shape index (κ2) is 6.99. The Morgan fingerprint density at radius 1 is 1.27 bits per heavy atom. The summed E-state index contributed by atoms with van der Waals surface area (Å²) in [5.41, 5.74) is 1.79. The zero-order valence-electron chi connectivity index (χ0n) is 14.2. The number of benzene rings is 2. The predicted octanol–water partition coefficient (Wildman–Crippen LogP) is 3.65. The Hall–Kier alpha value is -2.54. The number of amides is 1. The third kappa shape index (κ3) is 3.83. The average Bonchev–Trinajstić information content (AvgIpc) is 2.76. The standard InChI is InChI=1S/C19H19F3N2O2/c1-11(25)24-17-8-13-5-6-23-10-16(15(13)9-18(17)26)12-3-2-4-14(7-12)19(20,21)22/h2-4,7-9,16,23,26H,5-6,10H2,1H3,(H,24,25). The first kappa shape index (κ1) is 18.3. The highest BCUT2D eigenvalue weighted by Gasteiger charge is 2.31. The van der Waals surface area contributed by atoms with Crippen molar-refractivity contribution in [2.75, 3.05) is 18.4 Å². The van der Waals surface area contributed by atoms with Crippen molar-refractivity contribution in [2.45, 2.75) is 25.4 Å². The second-order valence-electron chi connectivity index (χ2n) is 6.38. The smallest absolute Gasteiger partial charge is 0.416 e. The van der Waals surface area contributed by atoms with E-state index in [1.807, 2.05) is 0 Å². The maximum atomic E-state index is 13.1. The summed E-state index contributed by atoms with van der Waals surface area (Å²) in [5.74, 6) is -0.730. The second-order valence-corrected chi connectivity index (χ2v) is 6.38. The number of aromatic hydroxyl groups is 1. The van der Waals surface area contributed by atoms with Crippen LogP contribution in [0.2, 0.25) is 0 Å². The minimum absolute atomic E-state index is 0.0992. The Labute approximate surface area is 149 Å². The largest absolute Gasteiger partial charge is 0.506 e. The number of phenols is 1. The molecule has 0 aromatic heterocycles. The molecule has 3 N–H and O–H groups in total. The van der Waals surface area contributed by atoms with Crippen LogP contribution < -0.4 is 10.6 Å². The minimum atomic E-state index is -4.41. The van der Waals surface area contributed by atoms with Gasteiger partial charge in [-0.1, -0.05) is 18.2 Å². The summed E-state index contributed by atoms with van der Waals surface area (Å²) < 4.78 is 39.2. The Kier molecular flexibility index (Phi) is 4.91. The van der Waals surface area contributed by atoms with Crippen LogP contribution in [-0.2, 0) is 17.4 Å². The lowest BCUT2D eigenvalue weighted by molar-refractivity contribution is -0.137. The number of alkyl halides is 3. The number of phenolic OH excluding ortho intramolecular Hbond substituents is 1. The van der Waals surface area contributed by atoms with Gasteiger partial charge in [-0.05, 0) is 47.9 Å². The molecule has 4 nitrogen and oxygen atoms in total. The summed E-state index contributed by atoms with van der Waals surface area (Å²) >= 11 is 0. The van der Waals surface area contributed by atoms with Crippen molar-refractivity contribution in [1.29, 1.82) is 0 Å². The van der Waals surface area contributed by atoms with Crippen LogP contribution in [0.3, 0.4) is 0 Å². The van der Waals surface area contributed by atoms with Gasteiger partial charge in [0.15, 0.2) is 0 Å². The molecule has 0 bridgehead atoms. The van der Waals surface area contributed by atoms with Gasteiger partial charge < -0.3 is 15.7 Å². The van der Waals surface area contributed by atoms with Gasteiger partial charge in [0.05, 0.1) is 11.3 Å². The van der Waals surface area contributed by atoms with Crippen molar-refractivity contribution < 1.29 is 23.1 Å². The third-order valence-electron chi connectivity index (χ3n) is 4.48. The number of hydrogen-bond donors (Lipinski definition) is 3. The van der Waals surface area contributed by atoms with Crippen molar-refractivity contribution in [3.63, 3.8) is 0 Å². The fourth-order valence-corrected chi connectivity index (χ4v) is 3.29. The molecule has 0 spiro atoms. The van der Waals surface area contributed by atoms with E-state index < -0.39 is 11.7 Å². The summed E-state index contributed by atoms with van der Waals surface area (Å²) in [6, 6.07) is 8.49. The van der Waals surface area contributed by atoms with Crippen LogP contribution in [0.25, 0.3) is 0 Å². The molecule has 1 heterocycles. The molecule has 1 unspecified atom stereocenters. The van der Waals surface area contributed by atoms with Crippen molar-refractivity contribution in [3.05, 3.63) is 58.7 Å². The summed E-state index contributed by atoms with van der Waals surface area (Å²) in [4.78, 5) is 11.3. The maximum absolute atomic E-state index is 13.1. The van der Waals surface area contributed by atoms with E-state index in [1.54, 1.807) is 18.2 Å². The quantitative estimate of drug-likeness (QED) is 0.713. The molecule has 1 amide bonds. The molecule has 0 fully saturated rings. The topological polar surface area (TPSA) is 61.4 Å². The van der Waals surface area contributed by atoms with Crippen LogP contribution in [-0.4, -0.2) is 24.1 Å². The number of anilines is 1. The molecule has 3 rings (SSSR count). The lowest BCUT2D eigenvalue weighted by atomic mass is 9.87. The van der Waals surface area contributed by atoms with E-state index in [0.29, 0.717) is 30.8 Å². The first-order valence-electron chi connectivity index (χ1n) is 8.27. The molecular formula is C19H19F3N2O2. The summed E-state index contributed by atoms with van der Waals surface area (Å²) in [6.07, 6.45) is -3.76. The van der Waals surface area contributed by atoms with Crippen molar-refractivity contribution in [3.8, 4) is 5.75 Å². The first-order chi connectivity index (χ1) is 12.3. The van der Waals surface area contributed by atoms with Crippen LogP contribution in [0.5, 0.6) is 5.75 Å². The van der Waals surface area contributed by atoms with Gasteiger partial charge in [-0.15, -0.1) is 0 Å². The van der Waals surface area contributed by atoms with Crippen LogP contribution in [0, 0.1) is 0 Å². The normalized spacial score (nSPS) is 17.3. The molecular weight excluding hydrogens is 345 g/mol. The fourth-order valence-electron chi connectivity index (χ4n) is 3.29. The molecule has 138 valence electrons. The Morgan fingerprint density at radius 3 is 2.73 bits per heavy atom. The van der Waals surface area contributed by atoms with Gasteiger partial charge in [0.2, 0.25) is 5.91 Å². The van der Waals surface area contributed by atoms with Gasteiger partial charge in [0, 0.05) is 19.4 Å². The van der Waals surface area contributed by atoms with Crippen LogP contribution in [0.1, 0.15) is 35.1 Å². The summed E-state index contributed by atoms with van der Waals surface area (Å²) in [5, 5.41) is 16.0. The van der Waals surface area contributed by atoms with E-state index in [9.17, 15) is 23.1 Å². The van der Waals surface area contributed by atoms with E-state index in [0.717, 1.165) is 23.3 Å². The molecule has 2 aromatic rings. The number of hydrogen-bond acceptors (Lipinski definition) is 3. The van der Waals surface area contributed by atoms with Gasteiger partial charge in [0.25, 0.3) is 0 Å². The van der Waals surface area contributed by atoms with Crippen LogP contribution in [0.4, 0.5) is 18.9 Å². The van der Waals surface area contributed by atoms with E-state index in [-0.39, 0.29) is 17.6 Å². The van der Waals surface area contributed by atoms with Gasteiger partial charge >= 0.3 is 6.18 Å². The van der Waals surface area contributed by atoms with Gasteiger partial charge in [-0.25, -0.2) is 0 Å². The molecule has 1 aliphatic rings. The average molecular weight is 364 g/mol. The number of carbonyl (C=O) groups excluding carboxylic acids is 1. The Morgan fingerprint density at radius 2 is 2.04 bits per heavy atom. The van der Waals surface area contributed by atoms with Crippen molar-refractivity contribution in [2.24, 2.45) is 0 Å². The molecule has 1 atom stereocenters. The molecule has 1 aliphatic heterocycles. The number of rotatable bonds is 2. The highest BCUT2D eigenvalue weighted by atomic mass is 19.4. The van der Waals surface area contributed by atoms with Crippen LogP contribution in [0.15, 0.2) is 36.4 Å². The van der Waals surface area contributed by atoms with E-state index >= 15 is 0 Å². The lowest BCUT2D eigenvalue weighted by Gasteiger charge is -2.21. The Bertz CT molecular complexity index is 834. The summed E-state index contributed by atoms with van der Waals surface area (Å²) in [6.45, 7) is 2.47. The SMILES string of the molecule is CC(=O)Nc1cc2c(cc1O)C(c1cccc(C(F)(F)F)c1)CNCC2. The fraction of sp³-hybridized carbons (Fsp3) is 0.316. The zero-order chi connectivity index (χ0) is 18.9. The van der Waals surface area contributed by atoms with Crippen molar-refractivity contribution in [1.82, 2.24) is 5.32 Å². The monoisotopic (exact) mass is 364 g/mol. The number of halogens is 3. The zero-order valence-corrected chi connectivity index (χ0v) is 14.2. The number of nitrogens with one attached hydrogen (secondary N) is 2. The highest BCUT2D eigenvalue weighted by molar-refractivity contribution is 5.90. The van der Waals surface area contributed by atoms with Crippen LogP contribution >= 0.6 is 0 Å². The summed E-state index contributed by atoms with van der Waals surface area (Å²) in [7, 11) is 0. The number of fused-ring (bicyclic) bond motifs is 1. The van der Waals surface area contributed by atoms with Gasteiger partial charge in [-0.2, -0.15) is 13.2 Å². The molecule has 0 saturated carbocycles. The number of carbonyl (C=O) groups is 1. The molecule has 26 heavy (non-hydrogen) atoms. The van der Waals surface area contributed by atoms with E-state index in [4.69, 9.17) is 0 Å². The molecule has 2 aromatic carbocycles. The lowest BCUT2D eigenvalue weighted by Crippen LogP contribution is -2.21. The minimum Gasteiger partial charge on any atom is -0.506 e. The molecule has 0 saturated heterocycles. The van der Waals surface area contributed by atoms with E-state index in [2.05, 4.69) is 10.6 Å².